The molecule has 0 bridgehead atoms. The fourth-order valence-electron chi connectivity index (χ4n) is 1.74. The van der Waals surface area contributed by atoms with Gasteiger partial charge in [-0.15, -0.1) is 0 Å². The molecule has 60 valence electrons. The zero-order valence-electron chi connectivity index (χ0n) is 7.89. The number of hydrogen-bond donors (Lipinski definition) is 0. The van der Waals surface area contributed by atoms with Gasteiger partial charge in [0.1, 0.15) is 0 Å². The third-order valence-electron chi connectivity index (χ3n) is 3.28. The molecule has 0 aliphatic carbocycles. The Kier molecular flexibility index (Phi) is 1.86. The Labute approximate surface area is 68.8 Å². The van der Waals surface area contributed by atoms with Crippen LogP contribution in [0.4, 0.5) is 0 Å². The summed E-state index contributed by atoms with van der Waals surface area (Å²) in [6.45, 7) is 4.57. The molecule has 0 saturated carbocycles. The van der Waals surface area contributed by atoms with Crippen molar-refractivity contribution in [3.05, 3.63) is 0 Å². The molecule has 1 heterocycles. The molecule has 1 rings (SSSR count). The van der Waals surface area contributed by atoms with Gasteiger partial charge in [-0.2, -0.15) is 0 Å². The minimum absolute atomic E-state index is 0.333. The molecule has 0 aromatic rings. The second-order valence-electron chi connectivity index (χ2n) is 4.11. The molecule has 1 aliphatic rings. The summed E-state index contributed by atoms with van der Waals surface area (Å²) >= 11 is -1.83. The Hall–Kier alpha value is 0.719. The Morgan fingerprint density at radius 3 is 1.40 bits per heavy atom. The second-order valence-corrected chi connectivity index (χ2v) is 16.5. The van der Waals surface area contributed by atoms with Crippen molar-refractivity contribution < 1.29 is 0 Å². The molecule has 0 amide bonds. The monoisotopic (exact) mass is 250 g/mol. The molecule has 1 saturated heterocycles. The van der Waals surface area contributed by atoms with E-state index in [-0.39, 0.29) is 0 Å². The standard InChI is InChI=1S/C5H12N2.2CH3.Sn/c1-5(2,6-3)7-4;;;/h1-4H3;2*1H3;/q-2;;;+2. The quantitative estimate of drug-likeness (QED) is 0.597. The molecule has 1 aliphatic heterocycles. The van der Waals surface area contributed by atoms with E-state index in [0.717, 1.165) is 0 Å². The van der Waals surface area contributed by atoms with Crippen LogP contribution in [0.1, 0.15) is 13.8 Å². The van der Waals surface area contributed by atoms with Crippen molar-refractivity contribution in [2.24, 2.45) is 0 Å². The second kappa shape index (κ2) is 2.11. The molecule has 10 heavy (non-hydrogen) atoms. The van der Waals surface area contributed by atoms with E-state index in [1.165, 1.54) is 0 Å². The molecule has 3 heteroatoms. The van der Waals surface area contributed by atoms with E-state index in [2.05, 4.69) is 44.1 Å². The summed E-state index contributed by atoms with van der Waals surface area (Å²) in [5.74, 6) is 0. The molecule has 0 spiro atoms. The number of hydrogen-bond acceptors (Lipinski definition) is 2. The first-order valence-electron chi connectivity index (χ1n) is 3.79. The van der Waals surface area contributed by atoms with Crippen LogP contribution in [0.2, 0.25) is 9.88 Å². The van der Waals surface area contributed by atoms with Crippen LogP contribution in [0.15, 0.2) is 0 Å². The zero-order chi connectivity index (χ0) is 8.15. The van der Waals surface area contributed by atoms with Gasteiger partial charge in [0.15, 0.2) is 0 Å². The molecule has 0 aromatic heterocycles. The summed E-state index contributed by atoms with van der Waals surface area (Å²) in [6.07, 6.45) is 0. The van der Waals surface area contributed by atoms with Gasteiger partial charge in [-0.05, 0) is 0 Å². The van der Waals surface area contributed by atoms with E-state index >= 15 is 0 Å². The maximum absolute atomic E-state index is 2.58. The van der Waals surface area contributed by atoms with Crippen LogP contribution in [0.3, 0.4) is 0 Å². The SMILES string of the molecule is C[N]1C(C)(C)[N](C)[Sn]1([CH3])[CH3]. The third kappa shape index (κ3) is 0.850. The van der Waals surface area contributed by atoms with Crippen molar-refractivity contribution in [3.8, 4) is 0 Å². The predicted molar refractivity (Wildman–Crippen MR) is 47.1 cm³/mol. The molecule has 0 radical (unpaired) electrons. The van der Waals surface area contributed by atoms with Gasteiger partial charge >= 0.3 is 68.7 Å². The van der Waals surface area contributed by atoms with Crippen molar-refractivity contribution >= 4 is 18.9 Å². The number of rotatable bonds is 0. The average Bonchev–Trinajstić information content (AvgIpc) is 1.84. The van der Waals surface area contributed by atoms with Gasteiger partial charge in [-0.25, -0.2) is 0 Å². The van der Waals surface area contributed by atoms with Crippen LogP contribution in [-0.4, -0.2) is 44.9 Å². The van der Waals surface area contributed by atoms with Gasteiger partial charge in [-0.3, -0.25) is 0 Å². The number of nitrogens with zero attached hydrogens (tertiary/aromatic N) is 2. The average molecular weight is 249 g/mol. The molecule has 0 N–H and O–H groups in total. The van der Waals surface area contributed by atoms with E-state index in [9.17, 15) is 0 Å². The van der Waals surface area contributed by atoms with Crippen LogP contribution in [0.25, 0.3) is 0 Å². The predicted octanol–water partition coefficient (Wildman–Crippen LogP) is 1.30. The van der Waals surface area contributed by atoms with Gasteiger partial charge in [-0.1, -0.05) is 0 Å². The summed E-state index contributed by atoms with van der Waals surface area (Å²) < 4.78 is 5.17. The van der Waals surface area contributed by atoms with Crippen LogP contribution in [0, 0.1) is 0 Å². The van der Waals surface area contributed by atoms with Crippen molar-refractivity contribution in [3.63, 3.8) is 0 Å². The molecule has 0 aromatic carbocycles. The van der Waals surface area contributed by atoms with E-state index in [0.29, 0.717) is 5.66 Å². The summed E-state index contributed by atoms with van der Waals surface area (Å²) in [5.41, 5.74) is 0.333. The summed E-state index contributed by atoms with van der Waals surface area (Å²) in [4.78, 5) is 4.89. The van der Waals surface area contributed by atoms with Crippen LogP contribution in [-0.2, 0) is 0 Å². The van der Waals surface area contributed by atoms with Gasteiger partial charge in [0.25, 0.3) is 0 Å². The first-order valence-corrected chi connectivity index (χ1v) is 12.0. The van der Waals surface area contributed by atoms with Crippen molar-refractivity contribution in [2.75, 3.05) is 14.1 Å². The fourth-order valence-corrected chi connectivity index (χ4v) is 11.1. The molecular weight excluding hydrogens is 231 g/mol. The Morgan fingerprint density at radius 2 is 1.30 bits per heavy atom. The van der Waals surface area contributed by atoms with Gasteiger partial charge in [0.05, 0.1) is 0 Å². The Balaban J connectivity index is 2.78. The van der Waals surface area contributed by atoms with Gasteiger partial charge < -0.3 is 0 Å². The summed E-state index contributed by atoms with van der Waals surface area (Å²) in [7, 11) is 4.52. The normalized spacial score (nSPS) is 31.8. The van der Waals surface area contributed by atoms with E-state index in [1.54, 1.807) is 0 Å². The molecule has 2 nitrogen and oxygen atoms in total. The van der Waals surface area contributed by atoms with Crippen molar-refractivity contribution in [1.82, 2.24) is 6.24 Å². The molecule has 0 atom stereocenters. The van der Waals surface area contributed by atoms with Crippen LogP contribution in [0.5, 0.6) is 0 Å². The maximum atomic E-state index is 2.58. The van der Waals surface area contributed by atoms with Crippen LogP contribution < -0.4 is 0 Å². The topological polar surface area (TPSA) is 6.48 Å². The molecule has 0 unspecified atom stereocenters. The van der Waals surface area contributed by atoms with Crippen molar-refractivity contribution in [1.29, 1.82) is 0 Å². The molecule has 1 fully saturated rings. The molecular formula is C7H18N2Sn. The van der Waals surface area contributed by atoms with E-state index < -0.39 is 18.9 Å². The van der Waals surface area contributed by atoms with E-state index in [1.807, 2.05) is 0 Å². The van der Waals surface area contributed by atoms with E-state index in [4.69, 9.17) is 0 Å². The third-order valence-corrected chi connectivity index (χ3v) is 15.8. The van der Waals surface area contributed by atoms with Crippen molar-refractivity contribution in [2.45, 2.75) is 29.4 Å². The fraction of sp³-hybridized carbons (Fsp3) is 1.00. The zero-order valence-corrected chi connectivity index (χ0v) is 10.7. The minimum atomic E-state index is -1.83. The summed E-state index contributed by atoms with van der Waals surface area (Å²) in [6, 6.07) is 0. The Morgan fingerprint density at radius 1 is 1.00 bits per heavy atom. The van der Waals surface area contributed by atoms with Crippen LogP contribution >= 0.6 is 0 Å². The first kappa shape index (κ1) is 8.81. The summed E-state index contributed by atoms with van der Waals surface area (Å²) in [5, 5.41) is 0. The van der Waals surface area contributed by atoms with Gasteiger partial charge in [0.2, 0.25) is 0 Å². The first-order chi connectivity index (χ1) is 4.31. The van der Waals surface area contributed by atoms with Gasteiger partial charge in [0, 0.05) is 0 Å². The Bertz CT molecular complexity index is 124.